The Labute approximate surface area is 102 Å². The summed E-state index contributed by atoms with van der Waals surface area (Å²) in [5.74, 6) is 0. The number of rotatable bonds is 3. The van der Waals surface area contributed by atoms with Crippen LogP contribution < -0.4 is 0 Å². The third kappa shape index (κ3) is 2.14. The Morgan fingerprint density at radius 2 is 1.81 bits per heavy atom. The summed E-state index contributed by atoms with van der Waals surface area (Å²) in [4.78, 5) is 1.42. The minimum absolute atomic E-state index is 0.0244. The van der Waals surface area contributed by atoms with E-state index in [-0.39, 0.29) is 5.60 Å². The number of benzene rings is 1. The minimum atomic E-state index is 0.0244. The fraction of sp³-hybridized carbons (Fsp3) is 0.571. The first-order valence-corrected chi connectivity index (χ1v) is 7.05. The summed E-state index contributed by atoms with van der Waals surface area (Å²) in [6, 6.07) is 8.96. The molecule has 1 nitrogen and oxygen atoms in total. The van der Waals surface area contributed by atoms with Gasteiger partial charge in [-0.3, -0.25) is 0 Å². The number of hydrogen-bond donors (Lipinski definition) is 0. The molecule has 1 unspecified atom stereocenters. The van der Waals surface area contributed by atoms with Crippen molar-refractivity contribution in [3.63, 3.8) is 0 Å². The van der Waals surface area contributed by atoms with Crippen LogP contribution in [0.25, 0.3) is 0 Å². The van der Waals surface area contributed by atoms with Crippen LogP contribution in [-0.4, -0.2) is 11.9 Å². The number of epoxide rings is 1. The quantitative estimate of drug-likeness (QED) is 0.734. The fourth-order valence-corrected chi connectivity index (χ4v) is 3.61. The molecule has 1 aromatic carbocycles. The molecular weight excluding hydrogens is 216 g/mol. The van der Waals surface area contributed by atoms with Crippen molar-refractivity contribution in [2.75, 3.05) is 6.61 Å². The van der Waals surface area contributed by atoms with E-state index in [0.29, 0.717) is 0 Å². The average Bonchev–Trinajstić information content (AvgIpc) is 2.85. The van der Waals surface area contributed by atoms with Crippen molar-refractivity contribution in [3.05, 3.63) is 29.8 Å². The van der Waals surface area contributed by atoms with Crippen LogP contribution in [0.3, 0.4) is 0 Å². The molecule has 1 heterocycles. The zero-order valence-corrected chi connectivity index (χ0v) is 10.6. The molecule has 2 fully saturated rings. The summed E-state index contributed by atoms with van der Waals surface area (Å²) in [5, 5.41) is 0.860. The van der Waals surface area contributed by atoms with Gasteiger partial charge in [0.1, 0.15) is 5.60 Å². The number of ether oxygens (including phenoxy) is 1. The van der Waals surface area contributed by atoms with Crippen LogP contribution in [0.4, 0.5) is 0 Å². The summed E-state index contributed by atoms with van der Waals surface area (Å²) in [5.41, 5.74) is 1.35. The van der Waals surface area contributed by atoms with E-state index in [1.165, 1.54) is 36.1 Å². The molecule has 0 spiro atoms. The largest absolute Gasteiger partial charge is 0.365 e. The van der Waals surface area contributed by atoms with Crippen molar-refractivity contribution in [2.45, 2.75) is 48.4 Å². The van der Waals surface area contributed by atoms with Gasteiger partial charge in [0.15, 0.2) is 0 Å². The van der Waals surface area contributed by atoms with Crippen molar-refractivity contribution >= 4 is 11.8 Å². The van der Waals surface area contributed by atoms with E-state index in [2.05, 4.69) is 43.0 Å². The van der Waals surface area contributed by atoms with Crippen molar-refractivity contribution in [2.24, 2.45) is 0 Å². The monoisotopic (exact) mass is 234 g/mol. The Morgan fingerprint density at radius 3 is 2.38 bits per heavy atom. The van der Waals surface area contributed by atoms with Gasteiger partial charge in [0.25, 0.3) is 0 Å². The van der Waals surface area contributed by atoms with E-state index in [1.54, 1.807) is 0 Å². The second-order valence-electron chi connectivity index (χ2n) is 5.07. The molecule has 1 saturated carbocycles. The molecule has 1 aliphatic heterocycles. The van der Waals surface area contributed by atoms with Gasteiger partial charge in [-0.25, -0.2) is 0 Å². The molecule has 3 rings (SSSR count). The van der Waals surface area contributed by atoms with Gasteiger partial charge >= 0.3 is 0 Å². The number of thioether (sulfide) groups is 1. The highest BCUT2D eigenvalue weighted by atomic mass is 32.2. The van der Waals surface area contributed by atoms with E-state index in [4.69, 9.17) is 4.74 Å². The maximum absolute atomic E-state index is 5.45. The predicted molar refractivity (Wildman–Crippen MR) is 67.9 cm³/mol. The molecule has 1 saturated heterocycles. The lowest BCUT2D eigenvalue weighted by atomic mass is 10.0. The zero-order valence-electron chi connectivity index (χ0n) is 9.74. The molecule has 2 aliphatic rings. The molecule has 0 amide bonds. The van der Waals surface area contributed by atoms with Crippen molar-refractivity contribution in [1.82, 2.24) is 0 Å². The van der Waals surface area contributed by atoms with Crippen LogP contribution in [0, 0.1) is 0 Å². The highest BCUT2D eigenvalue weighted by Gasteiger charge is 2.40. The third-order valence-corrected chi connectivity index (χ3v) is 5.00. The van der Waals surface area contributed by atoms with Gasteiger partial charge in [-0.15, -0.1) is 11.8 Å². The van der Waals surface area contributed by atoms with Crippen molar-refractivity contribution in [1.29, 1.82) is 0 Å². The molecule has 1 aromatic rings. The zero-order chi connectivity index (χ0) is 11.0. The third-order valence-electron chi connectivity index (χ3n) is 3.65. The maximum atomic E-state index is 5.45. The molecule has 1 aliphatic carbocycles. The van der Waals surface area contributed by atoms with Gasteiger partial charge in [-0.1, -0.05) is 25.0 Å². The Hall–Kier alpha value is -0.470. The summed E-state index contributed by atoms with van der Waals surface area (Å²) >= 11 is 2.05. The standard InChI is InChI=1S/C14H18OS/c1-14(10-15-14)11-6-8-13(9-7-11)16-12-4-2-3-5-12/h6-9,12H,2-5,10H2,1H3. The fourth-order valence-electron chi connectivity index (χ4n) is 2.36. The van der Waals surface area contributed by atoms with Crippen molar-refractivity contribution in [3.8, 4) is 0 Å². The molecule has 2 heteroatoms. The second-order valence-corrected chi connectivity index (χ2v) is 6.44. The van der Waals surface area contributed by atoms with E-state index < -0.39 is 0 Å². The van der Waals surface area contributed by atoms with Gasteiger partial charge in [-0.2, -0.15) is 0 Å². The van der Waals surface area contributed by atoms with Gasteiger partial charge in [0.05, 0.1) is 6.61 Å². The first-order chi connectivity index (χ1) is 7.76. The average molecular weight is 234 g/mol. The summed E-state index contributed by atoms with van der Waals surface area (Å²) in [6.45, 7) is 3.04. The summed E-state index contributed by atoms with van der Waals surface area (Å²) in [7, 11) is 0. The first-order valence-electron chi connectivity index (χ1n) is 6.17. The van der Waals surface area contributed by atoms with Crippen LogP contribution in [0.15, 0.2) is 29.2 Å². The highest BCUT2D eigenvalue weighted by Crippen LogP contribution is 2.39. The van der Waals surface area contributed by atoms with Crippen LogP contribution in [0.5, 0.6) is 0 Å². The van der Waals surface area contributed by atoms with E-state index in [9.17, 15) is 0 Å². The Balaban J connectivity index is 1.67. The Kier molecular flexibility index (Phi) is 2.72. The lowest BCUT2D eigenvalue weighted by molar-refractivity contribution is 0.329. The molecule has 1 atom stereocenters. The summed E-state index contributed by atoms with van der Waals surface area (Å²) < 4.78 is 5.45. The topological polar surface area (TPSA) is 12.5 Å². The van der Waals surface area contributed by atoms with E-state index in [1.807, 2.05) is 0 Å². The van der Waals surface area contributed by atoms with Gasteiger partial charge in [-0.05, 0) is 37.5 Å². The molecule has 0 bridgehead atoms. The van der Waals surface area contributed by atoms with Gasteiger partial charge in [0.2, 0.25) is 0 Å². The SMILES string of the molecule is CC1(c2ccc(SC3CCCC3)cc2)CO1. The van der Waals surface area contributed by atoms with Crippen molar-refractivity contribution < 1.29 is 4.74 Å². The normalized spacial score (nSPS) is 29.6. The predicted octanol–water partition coefficient (Wildman–Crippen LogP) is 3.97. The molecule has 0 aromatic heterocycles. The van der Waals surface area contributed by atoms with Gasteiger partial charge < -0.3 is 4.74 Å². The smallest absolute Gasteiger partial charge is 0.114 e. The van der Waals surface area contributed by atoms with E-state index in [0.717, 1.165) is 11.9 Å². The lowest BCUT2D eigenvalue weighted by Gasteiger charge is -2.10. The van der Waals surface area contributed by atoms with Gasteiger partial charge in [0, 0.05) is 10.1 Å². The van der Waals surface area contributed by atoms with Crippen LogP contribution in [0.2, 0.25) is 0 Å². The lowest BCUT2D eigenvalue weighted by Crippen LogP contribution is -2.01. The number of hydrogen-bond acceptors (Lipinski definition) is 2. The van der Waals surface area contributed by atoms with Crippen LogP contribution in [0.1, 0.15) is 38.2 Å². The molecule has 86 valence electrons. The van der Waals surface area contributed by atoms with E-state index >= 15 is 0 Å². The summed E-state index contributed by atoms with van der Waals surface area (Å²) in [6.07, 6.45) is 5.63. The molecule has 0 N–H and O–H groups in total. The second kappa shape index (κ2) is 4.08. The Morgan fingerprint density at radius 1 is 1.19 bits per heavy atom. The van der Waals surface area contributed by atoms with Crippen LogP contribution in [-0.2, 0) is 10.3 Å². The molecular formula is C14H18OS. The minimum Gasteiger partial charge on any atom is -0.365 e. The van der Waals surface area contributed by atoms with Crippen LogP contribution >= 0.6 is 11.8 Å². The maximum Gasteiger partial charge on any atom is 0.114 e. The molecule has 16 heavy (non-hydrogen) atoms. The first kappa shape index (κ1) is 10.7. The Bertz CT molecular complexity index is 361. The highest BCUT2D eigenvalue weighted by molar-refractivity contribution is 8.00. The molecule has 0 radical (unpaired) electrons.